The van der Waals surface area contributed by atoms with E-state index in [1.165, 1.54) is 0 Å². The van der Waals surface area contributed by atoms with E-state index in [-0.39, 0.29) is 5.91 Å². The molecule has 100 valence electrons. The van der Waals surface area contributed by atoms with Crippen molar-refractivity contribution in [2.45, 2.75) is 39.3 Å². The fraction of sp³-hybridized carbons (Fsp3) is 0.692. The predicted molar refractivity (Wildman–Crippen MR) is 70.1 cm³/mol. The van der Waals surface area contributed by atoms with Crippen molar-refractivity contribution in [2.75, 3.05) is 19.6 Å². The molecule has 0 aliphatic carbocycles. The highest BCUT2D eigenvalue weighted by Crippen LogP contribution is 2.07. The molecule has 2 rings (SSSR count). The van der Waals surface area contributed by atoms with Gasteiger partial charge in [-0.2, -0.15) is 5.10 Å². The molecule has 0 aromatic carbocycles. The summed E-state index contributed by atoms with van der Waals surface area (Å²) in [7, 11) is 0. The molecule has 0 saturated carbocycles. The maximum Gasteiger partial charge on any atom is 0.236 e. The largest absolute Gasteiger partial charge is 0.342 e. The summed E-state index contributed by atoms with van der Waals surface area (Å²) in [6, 6.07) is 2.37. The average molecular weight is 250 g/mol. The lowest BCUT2D eigenvalue weighted by atomic mass is 10.4. The van der Waals surface area contributed by atoms with Gasteiger partial charge in [0.2, 0.25) is 5.91 Å². The van der Waals surface area contributed by atoms with Crippen molar-refractivity contribution in [3.05, 3.63) is 18.0 Å². The van der Waals surface area contributed by atoms with Crippen LogP contribution < -0.4 is 5.32 Å². The normalized spacial score (nSPS) is 15.6. The molecule has 1 amide bonds. The highest BCUT2D eigenvalue weighted by Gasteiger charge is 2.17. The summed E-state index contributed by atoms with van der Waals surface area (Å²) in [5, 5.41) is 7.60. The van der Waals surface area contributed by atoms with Crippen molar-refractivity contribution >= 4 is 5.91 Å². The molecule has 1 aromatic heterocycles. The van der Waals surface area contributed by atoms with Gasteiger partial charge in [-0.15, -0.1) is 0 Å². The number of rotatable bonds is 5. The molecule has 18 heavy (non-hydrogen) atoms. The molecular formula is C13H22N4O. The van der Waals surface area contributed by atoms with Crippen molar-refractivity contribution in [3.63, 3.8) is 0 Å². The van der Waals surface area contributed by atoms with Crippen LogP contribution in [-0.2, 0) is 11.3 Å². The first kappa shape index (κ1) is 13.1. The number of hydrogen-bond acceptors (Lipinski definition) is 3. The second kappa shape index (κ2) is 6.00. The number of carbonyl (C=O) groups is 1. The van der Waals surface area contributed by atoms with Gasteiger partial charge in [-0.05, 0) is 32.8 Å². The van der Waals surface area contributed by atoms with E-state index < -0.39 is 0 Å². The maximum atomic E-state index is 11.8. The van der Waals surface area contributed by atoms with E-state index in [2.05, 4.69) is 24.3 Å². The standard InChI is InChI=1S/C13H22N4O/c1-11(2)17-8-5-12(15-17)9-14-10-13(18)16-6-3-4-7-16/h5,8,11,14H,3-4,6-7,9-10H2,1-2H3. The molecule has 5 heteroatoms. The number of amides is 1. The zero-order valence-corrected chi connectivity index (χ0v) is 11.2. The number of aromatic nitrogens is 2. The minimum absolute atomic E-state index is 0.204. The van der Waals surface area contributed by atoms with Crippen LogP contribution in [0.25, 0.3) is 0 Å². The summed E-state index contributed by atoms with van der Waals surface area (Å²) < 4.78 is 1.93. The third-order valence-corrected chi connectivity index (χ3v) is 3.23. The van der Waals surface area contributed by atoms with Crippen LogP contribution in [0, 0.1) is 0 Å². The third kappa shape index (κ3) is 3.32. The van der Waals surface area contributed by atoms with E-state index in [0.29, 0.717) is 19.1 Å². The molecule has 0 atom stereocenters. The Labute approximate surface area is 108 Å². The number of carbonyl (C=O) groups excluding carboxylic acids is 1. The van der Waals surface area contributed by atoms with Crippen LogP contribution in [-0.4, -0.2) is 40.2 Å². The summed E-state index contributed by atoms with van der Waals surface area (Å²) in [6.07, 6.45) is 4.26. The second-order valence-corrected chi connectivity index (χ2v) is 5.07. The Kier molecular flexibility index (Phi) is 4.36. The van der Waals surface area contributed by atoms with E-state index in [1.807, 2.05) is 21.8 Å². The summed E-state index contributed by atoms with van der Waals surface area (Å²) in [4.78, 5) is 13.7. The Hall–Kier alpha value is -1.36. The Bertz CT molecular complexity index is 393. The monoisotopic (exact) mass is 250 g/mol. The molecule has 2 heterocycles. The summed E-state index contributed by atoms with van der Waals surface area (Å²) in [6.45, 7) is 7.10. The third-order valence-electron chi connectivity index (χ3n) is 3.23. The topological polar surface area (TPSA) is 50.2 Å². The molecule has 0 bridgehead atoms. The van der Waals surface area contributed by atoms with E-state index in [0.717, 1.165) is 31.6 Å². The molecular weight excluding hydrogens is 228 g/mol. The van der Waals surface area contributed by atoms with Crippen LogP contribution in [0.15, 0.2) is 12.3 Å². The fourth-order valence-corrected chi connectivity index (χ4v) is 2.14. The Morgan fingerprint density at radius 3 is 2.78 bits per heavy atom. The van der Waals surface area contributed by atoms with E-state index >= 15 is 0 Å². The number of nitrogens with one attached hydrogen (secondary N) is 1. The Morgan fingerprint density at radius 1 is 1.44 bits per heavy atom. The lowest BCUT2D eigenvalue weighted by molar-refractivity contribution is -0.129. The van der Waals surface area contributed by atoms with Crippen LogP contribution in [0.2, 0.25) is 0 Å². The number of hydrogen-bond donors (Lipinski definition) is 1. The quantitative estimate of drug-likeness (QED) is 0.853. The van der Waals surface area contributed by atoms with Crippen molar-refractivity contribution in [2.24, 2.45) is 0 Å². The number of likely N-dealkylation sites (tertiary alicyclic amines) is 1. The molecule has 0 radical (unpaired) electrons. The van der Waals surface area contributed by atoms with Gasteiger partial charge >= 0.3 is 0 Å². The maximum absolute atomic E-state index is 11.8. The summed E-state index contributed by atoms with van der Waals surface area (Å²) >= 11 is 0. The van der Waals surface area contributed by atoms with E-state index in [9.17, 15) is 4.79 Å². The molecule has 0 spiro atoms. The Balaban J connectivity index is 1.72. The van der Waals surface area contributed by atoms with Crippen molar-refractivity contribution < 1.29 is 4.79 Å². The molecule has 0 unspecified atom stereocenters. The van der Waals surface area contributed by atoms with Gasteiger partial charge in [-0.25, -0.2) is 0 Å². The molecule has 1 aliphatic rings. The minimum Gasteiger partial charge on any atom is -0.342 e. The second-order valence-electron chi connectivity index (χ2n) is 5.07. The SMILES string of the molecule is CC(C)n1ccc(CNCC(=O)N2CCCC2)n1. The lowest BCUT2D eigenvalue weighted by Crippen LogP contribution is -2.36. The zero-order valence-electron chi connectivity index (χ0n) is 11.2. The lowest BCUT2D eigenvalue weighted by Gasteiger charge is -2.15. The van der Waals surface area contributed by atoms with Crippen molar-refractivity contribution in [1.82, 2.24) is 20.0 Å². The van der Waals surface area contributed by atoms with E-state index in [4.69, 9.17) is 0 Å². The highest BCUT2D eigenvalue weighted by molar-refractivity contribution is 5.78. The van der Waals surface area contributed by atoms with Crippen molar-refractivity contribution in [1.29, 1.82) is 0 Å². The highest BCUT2D eigenvalue weighted by atomic mass is 16.2. The van der Waals surface area contributed by atoms with E-state index in [1.54, 1.807) is 0 Å². The zero-order chi connectivity index (χ0) is 13.0. The van der Waals surface area contributed by atoms with Crippen LogP contribution in [0.1, 0.15) is 38.4 Å². The Morgan fingerprint density at radius 2 is 2.17 bits per heavy atom. The smallest absolute Gasteiger partial charge is 0.236 e. The van der Waals surface area contributed by atoms with Gasteiger partial charge in [0.15, 0.2) is 0 Å². The fourth-order valence-electron chi connectivity index (χ4n) is 2.14. The van der Waals surface area contributed by atoms with Gasteiger partial charge in [-0.3, -0.25) is 9.48 Å². The number of nitrogens with zero attached hydrogens (tertiary/aromatic N) is 3. The van der Waals surface area contributed by atoms with Gasteiger partial charge in [-0.1, -0.05) is 0 Å². The van der Waals surface area contributed by atoms with Crippen LogP contribution in [0.4, 0.5) is 0 Å². The first-order valence-corrected chi connectivity index (χ1v) is 6.69. The molecule has 1 aliphatic heterocycles. The molecule has 1 aromatic rings. The van der Waals surface area contributed by atoms with Gasteiger partial charge in [0.1, 0.15) is 0 Å². The predicted octanol–water partition coefficient (Wildman–Crippen LogP) is 1.18. The summed E-state index contributed by atoms with van der Waals surface area (Å²) in [5.41, 5.74) is 0.984. The van der Waals surface area contributed by atoms with Gasteiger partial charge in [0, 0.05) is 31.9 Å². The van der Waals surface area contributed by atoms with Gasteiger partial charge < -0.3 is 10.2 Å². The van der Waals surface area contributed by atoms with Gasteiger partial charge in [0.25, 0.3) is 0 Å². The first-order chi connectivity index (χ1) is 8.66. The summed E-state index contributed by atoms with van der Waals surface area (Å²) in [5.74, 6) is 0.204. The minimum atomic E-state index is 0.204. The van der Waals surface area contributed by atoms with Crippen LogP contribution in [0.3, 0.4) is 0 Å². The first-order valence-electron chi connectivity index (χ1n) is 6.69. The van der Waals surface area contributed by atoms with Gasteiger partial charge in [0.05, 0.1) is 12.2 Å². The molecule has 1 N–H and O–H groups in total. The molecule has 5 nitrogen and oxygen atoms in total. The average Bonchev–Trinajstić information content (AvgIpc) is 3.00. The van der Waals surface area contributed by atoms with Crippen LogP contribution in [0.5, 0.6) is 0 Å². The molecule has 1 fully saturated rings. The van der Waals surface area contributed by atoms with Crippen LogP contribution >= 0.6 is 0 Å². The molecule has 1 saturated heterocycles. The van der Waals surface area contributed by atoms with Crippen molar-refractivity contribution in [3.8, 4) is 0 Å².